The summed E-state index contributed by atoms with van der Waals surface area (Å²) in [5.41, 5.74) is 2.54. The van der Waals surface area contributed by atoms with Gasteiger partial charge in [0, 0.05) is 12.6 Å². The topological polar surface area (TPSA) is 47.8 Å². The third kappa shape index (κ3) is 2.74. The highest BCUT2D eigenvalue weighted by Crippen LogP contribution is 2.20. The third-order valence-corrected chi connectivity index (χ3v) is 4.71. The van der Waals surface area contributed by atoms with Crippen LogP contribution in [0.2, 0.25) is 0 Å². The standard InChI is InChI=1S/C16H20N4S/c1-12(19-8-3-2-4-9-19)11-20-14-7-5-6-13(10-17)15(14)18-16(20)21/h5-7,12H,2-4,8-9,11H2,1H3,(H,18,21). The lowest BCUT2D eigenvalue weighted by atomic mass is 10.1. The van der Waals surface area contributed by atoms with E-state index in [0.717, 1.165) is 17.6 Å². The Labute approximate surface area is 130 Å². The molecular formula is C16H20N4S. The van der Waals surface area contributed by atoms with Crippen molar-refractivity contribution in [2.45, 2.75) is 38.8 Å². The molecule has 4 nitrogen and oxygen atoms in total. The zero-order valence-corrected chi connectivity index (χ0v) is 13.1. The van der Waals surface area contributed by atoms with Gasteiger partial charge in [-0.1, -0.05) is 12.5 Å². The van der Waals surface area contributed by atoms with Gasteiger partial charge < -0.3 is 9.55 Å². The first-order chi connectivity index (χ1) is 10.2. The van der Waals surface area contributed by atoms with Crippen molar-refractivity contribution < 1.29 is 0 Å². The van der Waals surface area contributed by atoms with E-state index in [1.807, 2.05) is 18.2 Å². The van der Waals surface area contributed by atoms with Gasteiger partial charge in [-0.05, 0) is 57.2 Å². The Hall–Kier alpha value is -1.64. The van der Waals surface area contributed by atoms with E-state index in [4.69, 9.17) is 12.2 Å². The number of likely N-dealkylation sites (tertiary alicyclic amines) is 1. The fraction of sp³-hybridized carbons (Fsp3) is 0.500. The van der Waals surface area contributed by atoms with Gasteiger partial charge in [-0.3, -0.25) is 4.90 Å². The second-order valence-corrected chi connectivity index (χ2v) is 6.18. The van der Waals surface area contributed by atoms with E-state index in [2.05, 4.69) is 27.4 Å². The second kappa shape index (κ2) is 6.00. The largest absolute Gasteiger partial charge is 0.329 e. The van der Waals surface area contributed by atoms with Crippen molar-refractivity contribution in [3.8, 4) is 6.07 Å². The van der Waals surface area contributed by atoms with Crippen LogP contribution in [0.4, 0.5) is 0 Å². The number of rotatable bonds is 3. The molecule has 0 amide bonds. The number of H-pyrrole nitrogens is 1. The molecule has 2 aromatic rings. The fourth-order valence-corrected chi connectivity index (χ4v) is 3.47. The van der Waals surface area contributed by atoms with Crippen LogP contribution in [0.1, 0.15) is 31.7 Å². The predicted molar refractivity (Wildman–Crippen MR) is 86.7 cm³/mol. The molecule has 1 aliphatic heterocycles. The normalized spacial score (nSPS) is 17.7. The molecule has 0 spiro atoms. The number of nitrogens with one attached hydrogen (secondary N) is 1. The minimum absolute atomic E-state index is 0.460. The van der Waals surface area contributed by atoms with Gasteiger partial charge in [0.15, 0.2) is 4.77 Å². The molecule has 2 heterocycles. The minimum Gasteiger partial charge on any atom is -0.329 e. The quantitative estimate of drug-likeness (QED) is 0.883. The van der Waals surface area contributed by atoms with E-state index in [9.17, 15) is 5.26 Å². The summed E-state index contributed by atoms with van der Waals surface area (Å²) in [6.45, 7) is 5.49. The van der Waals surface area contributed by atoms with Gasteiger partial charge in [0.05, 0.1) is 16.6 Å². The third-order valence-electron chi connectivity index (χ3n) is 4.39. The molecule has 0 bridgehead atoms. The average Bonchev–Trinajstić information content (AvgIpc) is 2.84. The van der Waals surface area contributed by atoms with E-state index in [0.29, 0.717) is 16.4 Å². The van der Waals surface area contributed by atoms with Crippen molar-refractivity contribution in [1.82, 2.24) is 14.5 Å². The van der Waals surface area contributed by atoms with E-state index in [-0.39, 0.29) is 0 Å². The van der Waals surface area contributed by atoms with Crippen LogP contribution in [0.3, 0.4) is 0 Å². The Morgan fingerprint density at radius 3 is 2.81 bits per heavy atom. The molecule has 1 aromatic carbocycles. The number of nitrogens with zero attached hydrogens (tertiary/aromatic N) is 3. The van der Waals surface area contributed by atoms with Gasteiger partial charge in [0.25, 0.3) is 0 Å². The van der Waals surface area contributed by atoms with Crippen LogP contribution >= 0.6 is 12.2 Å². The van der Waals surface area contributed by atoms with Crippen LogP contribution in [0.5, 0.6) is 0 Å². The summed E-state index contributed by atoms with van der Waals surface area (Å²) in [7, 11) is 0. The van der Waals surface area contributed by atoms with Crippen LogP contribution in [-0.2, 0) is 6.54 Å². The van der Waals surface area contributed by atoms with Crippen molar-refractivity contribution in [1.29, 1.82) is 5.26 Å². The summed E-state index contributed by atoms with van der Waals surface area (Å²) in [5, 5.41) is 9.20. The molecule has 1 aromatic heterocycles. The summed E-state index contributed by atoms with van der Waals surface area (Å²) in [5.74, 6) is 0. The molecule has 1 saturated heterocycles. The van der Waals surface area contributed by atoms with Crippen LogP contribution in [-0.4, -0.2) is 33.6 Å². The van der Waals surface area contributed by atoms with Crippen LogP contribution in [0, 0.1) is 16.1 Å². The lowest BCUT2D eigenvalue weighted by molar-refractivity contribution is 0.160. The van der Waals surface area contributed by atoms with Gasteiger partial charge in [-0.2, -0.15) is 5.26 Å². The number of aromatic nitrogens is 2. The highest BCUT2D eigenvalue weighted by Gasteiger charge is 2.18. The van der Waals surface area contributed by atoms with E-state index in [1.165, 1.54) is 32.4 Å². The Morgan fingerprint density at radius 1 is 1.33 bits per heavy atom. The monoisotopic (exact) mass is 300 g/mol. The zero-order valence-electron chi connectivity index (χ0n) is 12.3. The Morgan fingerprint density at radius 2 is 2.10 bits per heavy atom. The van der Waals surface area contributed by atoms with Crippen molar-refractivity contribution >= 4 is 23.3 Å². The molecule has 0 radical (unpaired) electrons. The lowest BCUT2D eigenvalue weighted by Crippen LogP contribution is -2.39. The fourth-order valence-electron chi connectivity index (χ4n) is 3.19. The molecule has 3 rings (SSSR count). The van der Waals surface area contributed by atoms with E-state index < -0.39 is 0 Å². The average molecular weight is 300 g/mol. The van der Waals surface area contributed by atoms with Gasteiger partial charge in [-0.15, -0.1) is 0 Å². The molecule has 1 unspecified atom stereocenters. The summed E-state index contributed by atoms with van der Waals surface area (Å²) < 4.78 is 2.83. The molecule has 1 aliphatic rings. The Kier molecular flexibility index (Phi) is 4.09. The maximum absolute atomic E-state index is 9.20. The summed E-state index contributed by atoms with van der Waals surface area (Å²) in [4.78, 5) is 5.73. The van der Waals surface area contributed by atoms with Gasteiger partial charge >= 0.3 is 0 Å². The number of imidazole rings is 1. The number of nitriles is 1. The number of piperidine rings is 1. The number of para-hydroxylation sites is 1. The molecule has 5 heteroatoms. The molecule has 110 valence electrons. The van der Waals surface area contributed by atoms with Gasteiger partial charge in [-0.25, -0.2) is 0 Å². The van der Waals surface area contributed by atoms with E-state index in [1.54, 1.807) is 0 Å². The smallest absolute Gasteiger partial charge is 0.178 e. The maximum Gasteiger partial charge on any atom is 0.178 e. The second-order valence-electron chi connectivity index (χ2n) is 5.80. The SMILES string of the molecule is CC(Cn1c(=S)[nH]c2c(C#N)cccc21)N1CCCCC1. The Bertz CT molecular complexity index is 731. The van der Waals surface area contributed by atoms with Gasteiger partial charge in [0.1, 0.15) is 6.07 Å². The molecular weight excluding hydrogens is 280 g/mol. The molecule has 1 fully saturated rings. The molecule has 1 atom stereocenters. The van der Waals surface area contributed by atoms with Crippen molar-refractivity contribution in [3.63, 3.8) is 0 Å². The number of hydrogen-bond donors (Lipinski definition) is 1. The Balaban J connectivity index is 1.92. The minimum atomic E-state index is 0.460. The first-order valence-electron chi connectivity index (χ1n) is 7.56. The van der Waals surface area contributed by atoms with Crippen molar-refractivity contribution in [2.75, 3.05) is 13.1 Å². The summed E-state index contributed by atoms with van der Waals surface area (Å²) in [6, 6.07) is 8.47. The number of benzene rings is 1. The maximum atomic E-state index is 9.20. The zero-order chi connectivity index (χ0) is 14.8. The highest BCUT2D eigenvalue weighted by atomic mass is 32.1. The predicted octanol–water partition coefficient (Wildman–Crippen LogP) is 3.44. The summed E-state index contributed by atoms with van der Waals surface area (Å²) >= 11 is 5.46. The lowest BCUT2D eigenvalue weighted by Gasteiger charge is -2.32. The van der Waals surface area contributed by atoms with Crippen LogP contribution in [0.25, 0.3) is 11.0 Å². The van der Waals surface area contributed by atoms with Crippen molar-refractivity contribution in [2.24, 2.45) is 0 Å². The van der Waals surface area contributed by atoms with Gasteiger partial charge in [0.2, 0.25) is 0 Å². The summed E-state index contributed by atoms with van der Waals surface area (Å²) in [6.07, 6.45) is 3.94. The van der Waals surface area contributed by atoms with E-state index >= 15 is 0 Å². The van der Waals surface area contributed by atoms with Crippen LogP contribution in [0.15, 0.2) is 18.2 Å². The van der Waals surface area contributed by atoms with Crippen LogP contribution < -0.4 is 0 Å². The molecule has 21 heavy (non-hydrogen) atoms. The molecule has 1 N–H and O–H groups in total. The highest BCUT2D eigenvalue weighted by molar-refractivity contribution is 7.71. The number of hydrogen-bond acceptors (Lipinski definition) is 3. The molecule has 0 aliphatic carbocycles. The first kappa shape index (κ1) is 14.3. The molecule has 0 saturated carbocycles. The first-order valence-corrected chi connectivity index (χ1v) is 7.97. The van der Waals surface area contributed by atoms with Crippen molar-refractivity contribution in [3.05, 3.63) is 28.5 Å². The number of fused-ring (bicyclic) bond motifs is 1. The number of aromatic amines is 1.